The number of hydrogen-bond donors (Lipinski definition) is 4. The third-order valence-electron chi connectivity index (χ3n) is 8.20. The highest BCUT2D eigenvalue weighted by atomic mass is 16.4. The molecule has 4 amide bonds. The molecule has 12 nitrogen and oxygen atoms in total. The Hall–Kier alpha value is -4.39. The number of fused-ring (bicyclic) bond motifs is 1. The van der Waals surface area contributed by atoms with Crippen LogP contribution in [0, 0.1) is 11.8 Å². The second-order valence-electron chi connectivity index (χ2n) is 13.0. The van der Waals surface area contributed by atoms with Crippen molar-refractivity contribution in [1.29, 1.82) is 0 Å². The van der Waals surface area contributed by atoms with Crippen LogP contribution in [0.5, 0.6) is 5.75 Å². The van der Waals surface area contributed by atoms with E-state index in [-0.39, 0.29) is 48.1 Å². The number of unbranched alkanes of at least 4 members (excludes halogenated alkanes) is 1. The minimum absolute atomic E-state index is 0.0363. The highest BCUT2D eigenvalue weighted by Gasteiger charge is 2.38. The molecule has 1 aromatic heterocycles. The van der Waals surface area contributed by atoms with Crippen molar-refractivity contribution in [2.75, 3.05) is 13.1 Å². The van der Waals surface area contributed by atoms with Crippen molar-refractivity contribution in [2.24, 2.45) is 29.0 Å². The number of rotatable bonds is 16. The predicted molar refractivity (Wildman–Crippen MR) is 184 cm³/mol. The molecule has 0 bridgehead atoms. The number of imide groups is 2. The molecule has 48 heavy (non-hydrogen) atoms. The summed E-state index contributed by atoms with van der Waals surface area (Å²) >= 11 is 0. The highest BCUT2D eigenvalue weighted by molar-refractivity contribution is 6.01. The zero-order chi connectivity index (χ0) is 35.5. The Kier molecular flexibility index (Phi) is 14.0. The number of amides is 4. The first-order chi connectivity index (χ1) is 22.7. The number of phenolic OH excluding ortho intramolecular Hbond substituents is 1. The first kappa shape index (κ1) is 38.1. The van der Waals surface area contributed by atoms with Gasteiger partial charge in [-0.1, -0.05) is 58.0 Å². The van der Waals surface area contributed by atoms with Crippen LogP contribution in [0.25, 0.3) is 11.0 Å². The first-order valence-electron chi connectivity index (χ1n) is 16.4. The number of nitrogens with zero attached hydrogens (tertiary/aromatic N) is 2. The van der Waals surface area contributed by atoms with Crippen molar-refractivity contribution < 1.29 is 28.7 Å². The molecule has 1 heterocycles. The van der Waals surface area contributed by atoms with Gasteiger partial charge in [-0.3, -0.25) is 29.0 Å². The van der Waals surface area contributed by atoms with E-state index in [0.717, 1.165) is 21.4 Å². The van der Waals surface area contributed by atoms with Gasteiger partial charge < -0.3 is 26.7 Å². The number of carbonyl (C=O) groups excluding carboxylic acids is 4. The van der Waals surface area contributed by atoms with Crippen LogP contribution >= 0.6 is 0 Å². The van der Waals surface area contributed by atoms with Gasteiger partial charge in [0, 0.05) is 30.5 Å². The molecule has 260 valence electrons. The van der Waals surface area contributed by atoms with Crippen molar-refractivity contribution in [3.05, 3.63) is 76.1 Å². The van der Waals surface area contributed by atoms with Crippen LogP contribution in [-0.2, 0) is 32.0 Å². The lowest BCUT2D eigenvalue weighted by molar-refractivity contribution is -0.155. The molecule has 0 spiro atoms. The molecule has 7 N–H and O–H groups in total. The standard InChI is InChI=1S/C36H49N5O7/c1-22(2)16-28(38)36(47)41(32(43)12-8-9-15-37)30(23(3)4)21-40(35(46)29(39)17-24-10-6-5-7-11-24)33(44)18-25-19-34(45)48-31-20-26(42)13-14-27(25)31/h5-7,10-11,13-14,19-20,22-23,28-30,42H,8-9,12,15-18,21,37-39H2,1-4H3/t28-,29-,30+/m0/s1. The third-order valence-corrected chi connectivity index (χ3v) is 8.20. The van der Waals surface area contributed by atoms with Gasteiger partial charge in [0.15, 0.2) is 0 Å². The van der Waals surface area contributed by atoms with Gasteiger partial charge in [0.2, 0.25) is 23.6 Å². The summed E-state index contributed by atoms with van der Waals surface area (Å²) in [6, 6.07) is 11.4. The molecular formula is C36H49N5O7. The van der Waals surface area contributed by atoms with Crippen LogP contribution in [0.3, 0.4) is 0 Å². The average Bonchev–Trinajstić information content (AvgIpc) is 3.02. The van der Waals surface area contributed by atoms with Crippen molar-refractivity contribution >= 4 is 34.6 Å². The molecule has 0 aliphatic carbocycles. The van der Waals surface area contributed by atoms with Gasteiger partial charge >= 0.3 is 5.63 Å². The van der Waals surface area contributed by atoms with Gasteiger partial charge in [-0.2, -0.15) is 0 Å². The predicted octanol–water partition coefficient (Wildman–Crippen LogP) is 2.85. The topological polar surface area (TPSA) is 203 Å². The SMILES string of the molecule is CC(C)C[C@H](N)C(=O)N(C(=O)CCCCN)[C@H](CN(C(=O)Cc1cc(=O)oc2cc(O)ccc12)C(=O)[C@@H](N)Cc1ccccc1)C(C)C. The van der Waals surface area contributed by atoms with Gasteiger partial charge in [0.1, 0.15) is 11.3 Å². The smallest absolute Gasteiger partial charge is 0.336 e. The molecule has 0 unspecified atom stereocenters. The second-order valence-corrected chi connectivity index (χ2v) is 13.0. The number of carbonyl (C=O) groups is 4. The largest absolute Gasteiger partial charge is 0.508 e. The summed E-state index contributed by atoms with van der Waals surface area (Å²) in [4.78, 5) is 70.4. The minimum Gasteiger partial charge on any atom is -0.508 e. The molecule has 0 saturated carbocycles. The van der Waals surface area contributed by atoms with E-state index in [2.05, 4.69) is 0 Å². The zero-order valence-corrected chi connectivity index (χ0v) is 28.3. The molecule has 0 aliphatic heterocycles. The van der Waals surface area contributed by atoms with E-state index in [1.807, 2.05) is 44.2 Å². The van der Waals surface area contributed by atoms with Crippen molar-refractivity contribution in [3.8, 4) is 5.75 Å². The third kappa shape index (κ3) is 10.3. The fraction of sp³-hybridized carbons (Fsp3) is 0.472. The minimum atomic E-state index is -1.13. The summed E-state index contributed by atoms with van der Waals surface area (Å²) < 4.78 is 5.22. The maximum absolute atomic E-state index is 14.2. The summed E-state index contributed by atoms with van der Waals surface area (Å²) in [6.45, 7) is 7.48. The Balaban J connectivity index is 2.07. The van der Waals surface area contributed by atoms with Crippen molar-refractivity contribution in [1.82, 2.24) is 9.80 Å². The molecular weight excluding hydrogens is 614 g/mol. The van der Waals surface area contributed by atoms with Gasteiger partial charge in [0.05, 0.1) is 24.5 Å². The van der Waals surface area contributed by atoms with Crippen LogP contribution in [0.15, 0.2) is 63.8 Å². The summed E-state index contributed by atoms with van der Waals surface area (Å²) in [5.74, 6) is -2.89. The van der Waals surface area contributed by atoms with Crippen LogP contribution in [0.1, 0.15) is 64.5 Å². The van der Waals surface area contributed by atoms with Crippen molar-refractivity contribution in [2.45, 2.75) is 84.3 Å². The molecule has 12 heteroatoms. The monoisotopic (exact) mass is 663 g/mol. The first-order valence-corrected chi connectivity index (χ1v) is 16.4. The van der Waals surface area contributed by atoms with E-state index in [4.69, 9.17) is 21.6 Å². The highest BCUT2D eigenvalue weighted by Crippen LogP contribution is 2.24. The van der Waals surface area contributed by atoms with E-state index in [1.54, 1.807) is 13.8 Å². The fourth-order valence-corrected chi connectivity index (χ4v) is 5.67. The van der Waals surface area contributed by atoms with E-state index in [0.29, 0.717) is 31.2 Å². The molecule has 3 rings (SSSR count). The Labute approximate surface area is 281 Å². The number of aromatic hydroxyl groups is 1. The normalized spacial score (nSPS) is 13.4. The lowest BCUT2D eigenvalue weighted by Crippen LogP contribution is -2.59. The Bertz CT molecular complexity index is 1620. The van der Waals surface area contributed by atoms with Gasteiger partial charge in [-0.25, -0.2) is 4.79 Å². The van der Waals surface area contributed by atoms with Crippen molar-refractivity contribution in [3.63, 3.8) is 0 Å². The molecule has 0 aliphatic rings. The maximum Gasteiger partial charge on any atom is 0.336 e. The van der Waals surface area contributed by atoms with E-state index >= 15 is 0 Å². The van der Waals surface area contributed by atoms with Gasteiger partial charge in [-0.15, -0.1) is 0 Å². The average molecular weight is 664 g/mol. The molecule has 2 aromatic carbocycles. The molecule has 3 atom stereocenters. The van der Waals surface area contributed by atoms with E-state index in [1.165, 1.54) is 18.2 Å². The Morgan fingerprint density at radius 2 is 1.56 bits per heavy atom. The van der Waals surface area contributed by atoms with Crippen LogP contribution in [0.2, 0.25) is 0 Å². The molecule has 0 saturated heterocycles. The summed E-state index contributed by atoms with van der Waals surface area (Å²) in [7, 11) is 0. The number of hydrogen-bond acceptors (Lipinski definition) is 10. The molecule has 0 radical (unpaired) electrons. The Morgan fingerprint density at radius 1 is 0.875 bits per heavy atom. The van der Waals surface area contributed by atoms with Crippen LogP contribution < -0.4 is 22.8 Å². The summed E-state index contributed by atoms with van der Waals surface area (Å²) in [6.07, 6.45) is 1.13. The van der Waals surface area contributed by atoms with Gasteiger partial charge in [-0.05, 0) is 67.3 Å². The van der Waals surface area contributed by atoms with Crippen LogP contribution in [-0.4, -0.2) is 69.8 Å². The summed E-state index contributed by atoms with van der Waals surface area (Å²) in [5, 5.41) is 10.3. The van der Waals surface area contributed by atoms with Gasteiger partial charge in [0.25, 0.3) is 0 Å². The lowest BCUT2D eigenvalue weighted by atomic mass is 9.96. The number of benzene rings is 2. The quantitative estimate of drug-likeness (QED) is 0.130. The summed E-state index contributed by atoms with van der Waals surface area (Å²) in [5.41, 5.74) is 18.8. The zero-order valence-electron chi connectivity index (χ0n) is 28.3. The van der Waals surface area contributed by atoms with Crippen LogP contribution in [0.4, 0.5) is 0 Å². The lowest BCUT2D eigenvalue weighted by Gasteiger charge is -2.38. The molecule has 0 fully saturated rings. The number of nitrogens with two attached hydrogens (primary N) is 3. The maximum atomic E-state index is 14.2. The number of phenols is 1. The Morgan fingerprint density at radius 3 is 2.19 bits per heavy atom. The van der Waals surface area contributed by atoms with E-state index in [9.17, 15) is 29.1 Å². The molecule has 3 aromatic rings. The fourth-order valence-electron chi connectivity index (χ4n) is 5.67. The van der Waals surface area contributed by atoms with E-state index < -0.39 is 53.8 Å². The second kappa shape index (κ2) is 17.7.